The Morgan fingerprint density at radius 1 is 1.33 bits per heavy atom. The van der Waals surface area contributed by atoms with Gasteiger partial charge in [0.25, 0.3) is 0 Å². The van der Waals surface area contributed by atoms with Crippen LogP contribution in [-0.4, -0.2) is 69.9 Å². The summed E-state index contributed by atoms with van der Waals surface area (Å²) in [5.74, 6) is 1.70. The van der Waals surface area contributed by atoms with Crippen molar-refractivity contribution in [1.82, 2.24) is 15.5 Å². The zero-order chi connectivity index (χ0) is 17.2. The quantitative estimate of drug-likeness (QED) is 0.447. The topological polar surface area (TPSA) is 58.1 Å². The van der Waals surface area contributed by atoms with E-state index in [0.29, 0.717) is 19.7 Å². The lowest BCUT2D eigenvalue weighted by Gasteiger charge is -2.29. The maximum Gasteiger partial charge on any atom is 0.191 e. The van der Waals surface area contributed by atoms with Gasteiger partial charge < -0.3 is 25.0 Å². The first-order valence-corrected chi connectivity index (χ1v) is 8.69. The van der Waals surface area contributed by atoms with E-state index in [1.165, 1.54) is 5.56 Å². The number of nitrogens with one attached hydrogen (secondary N) is 2. The van der Waals surface area contributed by atoms with Gasteiger partial charge in [0.15, 0.2) is 5.96 Å². The van der Waals surface area contributed by atoms with Gasteiger partial charge in [0.2, 0.25) is 0 Å². The Labute approximate surface area is 145 Å². The highest BCUT2D eigenvalue weighted by molar-refractivity contribution is 5.79. The fourth-order valence-corrected chi connectivity index (χ4v) is 2.48. The minimum absolute atomic E-state index is 0.169. The number of aryl methyl sites for hydroxylation is 1. The molecule has 1 atom stereocenters. The second-order valence-electron chi connectivity index (χ2n) is 6.06. The number of benzene rings is 1. The normalized spacial score (nSPS) is 19.1. The molecule has 0 spiro atoms. The molecule has 0 saturated carbocycles. The van der Waals surface area contributed by atoms with Crippen molar-refractivity contribution in [2.24, 2.45) is 4.99 Å². The molecule has 1 aliphatic heterocycles. The highest BCUT2D eigenvalue weighted by atomic mass is 16.5. The van der Waals surface area contributed by atoms with Crippen molar-refractivity contribution in [3.8, 4) is 5.75 Å². The number of likely N-dealkylation sites (N-methyl/N-ethyl adjacent to an activating group) is 1. The van der Waals surface area contributed by atoms with Crippen LogP contribution in [0.5, 0.6) is 5.75 Å². The molecule has 0 aliphatic carbocycles. The Morgan fingerprint density at radius 2 is 2.12 bits per heavy atom. The molecule has 1 unspecified atom stereocenters. The van der Waals surface area contributed by atoms with Crippen molar-refractivity contribution in [3.63, 3.8) is 0 Å². The molecule has 1 fully saturated rings. The monoisotopic (exact) mass is 334 g/mol. The second kappa shape index (κ2) is 10.2. The van der Waals surface area contributed by atoms with Crippen LogP contribution < -0.4 is 15.4 Å². The van der Waals surface area contributed by atoms with Crippen LogP contribution in [0.1, 0.15) is 12.5 Å². The molecular formula is C18H30N4O2. The minimum Gasteiger partial charge on any atom is -0.492 e. The van der Waals surface area contributed by atoms with Gasteiger partial charge in [0, 0.05) is 19.6 Å². The molecule has 0 radical (unpaired) electrons. The Kier molecular flexibility index (Phi) is 7.85. The van der Waals surface area contributed by atoms with Crippen LogP contribution in [0.2, 0.25) is 0 Å². The van der Waals surface area contributed by atoms with Gasteiger partial charge in [-0.2, -0.15) is 0 Å². The first kappa shape index (κ1) is 18.5. The second-order valence-corrected chi connectivity index (χ2v) is 6.06. The van der Waals surface area contributed by atoms with E-state index >= 15 is 0 Å². The molecule has 6 nitrogen and oxygen atoms in total. The fraction of sp³-hybridized carbons (Fsp3) is 0.611. The average molecular weight is 334 g/mol. The summed E-state index contributed by atoms with van der Waals surface area (Å²) in [5, 5.41) is 6.55. The summed E-state index contributed by atoms with van der Waals surface area (Å²) in [6.45, 7) is 9.62. The average Bonchev–Trinajstić information content (AvgIpc) is 2.58. The summed E-state index contributed by atoms with van der Waals surface area (Å²) in [5.41, 5.74) is 1.23. The smallest absolute Gasteiger partial charge is 0.191 e. The minimum atomic E-state index is 0.169. The highest BCUT2D eigenvalue weighted by Gasteiger charge is 2.17. The van der Waals surface area contributed by atoms with Crippen LogP contribution in [0.3, 0.4) is 0 Å². The van der Waals surface area contributed by atoms with E-state index in [2.05, 4.69) is 53.6 Å². The SMILES string of the molecule is CCNC(=NCC1CN(C)CCO1)NCCOc1ccc(C)cc1. The maximum atomic E-state index is 5.74. The molecule has 0 bridgehead atoms. The van der Waals surface area contributed by atoms with Crippen LogP contribution in [0, 0.1) is 6.92 Å². The molecule has 1 aromatic rings. The number of nitrogens with zero attached hydrogens (tertiary/aromatic N) is 2. The van der Waals surface area contributed by atoms with Crippen LogP contribution in [0.4, 0.5) is 0 Å². The lowest BCUT2D eigenvalue weighted by molar-refractivity contribution is -0.0136. The van der Waals surface area contributed by atoms with Crippen LogP contribution in [0.25, 0.3) is 0 Å². The van der Waals surface area contributed by atoms with E-state index in [4.69, 9.17) is 9.47 Å². The third-order valence-electron chi connectivity index (χ3n) is 3.82. The molecule has 134 valence electrons. The number of hydrogen-bond donors (Lipinski definition) is 2. The number of ether oxygens (including phenoxy) is 2. The van der Waals surface area contributed by atoms with Gasteiger partial charge in [-0.05, 0) is 33.0 Å². The standard InChI is InChI=1S/C18H30N4O2/c1-4-19-18(21-13-17-14-22(3)10-12-24-17)20-9-11-23-16-7-5-15(2)6-8-16/h5-8,17H,4,9-14H2,1-3H3,(H2,19,20,21). The van der Waals surface area contributed by atoms with E-state index in [1.54, 1.807) is 0 Å². The maximum absolute atomic E-state index is 5.74. The summed E-state index contributed by atoms with van der Waals surface area (Å²) in [4.78, 5) is 6.89. The number of aliphatic imine (C=N–C) groups is 1. The molecule has 0 amide bonds. The Morgan fingerprint density at radius 3 is 2.83 bits per heavy atom. The van der Waals surface area contributed by atoms with E-state index < -0.39 is 0 Å². The van der Waals surface area contributed by atoms with Gasteiger partial charge in [0.1, 0.15) is 12.4 Å². The third-order valence-corrected chi connectivity index (χ3v) is 3.82. The molecule has 2 N–H and O–H groups in total. The summed E-state index contributed by atoms with van der Waals surface area (Å²) in [6, 6.07) is 8.09. The predicted molar refractivity (Wildman–Crippen MR) is 97.9 cm³/mol. The molecule has 2 rings (SSSR count). The van der Waals surface area contributed by atoms with Crippen LogP contribution in [-0.2, 0) is 4.74 Å². The zero-order valence-corrected chi connectivity index (χ0v) is 15.0. The lowest BCUT2D eigenvalue weighted by Crippen LogP contribution is -2.43. The van der Waals surface area contributed by atoms with Gasteiger partial charge >= 0.3 is 0 Å². The first-order chi connectivity index (χ1) is 11.7. The van der Waals surface area contributed by atoms with Gasteiger partial charge in [-0.15, -0.1) is 0 Å². The Balaban J connectivity index is 1.71. The van der Waals surface area contributed by atoms with Crippen LogP contribution in [0.15, 0.2) is 29.3 Å². The van der Waals surface area contributed by atoms with E-state index in [0.717, 1.165) is 38.0 Å². The molecule has 1 saturated heterocycles. The lowest BCUT2D eigenvalue weighted by atomic mass is 10.2. The fourth-order valence-electron chi connectivity index (χ4n) is 2.48. The van der Waals surface area contributed by atoms with Crippen molar-refractivity contribution < 1.29 is 9.47 Å². The molecule has 1 aromatic carbocycles. The first-order valence-electron chi connectivity index (χ1n) is 8.69. The van der Waals surface area contributed by atoms with E-state index in [9.17, 15) is 0 Å². The number of guanidine groups is 1. The third kappa shape index (κ3) is 6.76. The van der Waals surface area contributed by atoms with Gasteiger partial charge in [0.05, 0.1) is 25.8 Å². The van der Waals surface area contributed by atoms with E-state index in [1.807, 2.05) is 12.1 Å². The molecule has 1 heterocycles. The molecule has 0 aromatic heterocycles. The number of rotatable bonds is 7. The van der Waals surface area contributed by atoms with E-state index in [-0.39, 0.29) is 6.10 Å². The predicted octanol–water partition coefficient (Wildman–Crippen LogP) is 1.26. The zero-order valence-electron chi connectivity index (χ0n) is 15.0. The molecule has 6 heteroatoms. The van der Waals surface area contributed by atoms with Gasteiger partial charge in [-0.1, -0.05) is 17.7 Å². The largest absolute Gasteiger partial charge is 0.492 e. The highest BCUT2D eigenvalue weighted by Crippen LogP contribution is 2.10. The van der Waals surface area contributed by atoms with Crippen molar-refractivity contribution in [2.75, 3.05) is 53.0 Å². The molecule has 1 aliphatic rings. The number of hydrogen-bond acceptors (Lipinski definition) is 4. The number of morpholine rings is 1. The van der Waals surface area contributed by atoms with Gasteiger partial charge in [-0.25, -0.2) is 0 Å². The van der Waals surface area contributed by atoms with Crippen molar-refractivity contribution in [3.05, 3.63) is 29.8 Å². The van der Waals surface area contributed by atoms with Crippen LogP contribution >= 0.6 is 0 Å². The summed E-state index contributed by atoms with van der Waals surface area (Å²) >= 11 is 0. The summed E-state index contributed by atoms with van der Waals surface area (Å²) < 4.78 is 11.5. The van der Waals surface area contributed by atoms with Crippen molar-refractivity contribution in [1.29, 1.82) is 0 Å². The Hall–Kier alpha value is -1.79. The molecule has 24 heavy (non-hydrogen) atoms. The summed E-state index contributed by atoms with van der Waals surface area (Å²) in [7, 11) is 2.12. The van der Waals surface area contributed by atoms with Gasteiger partial charge in [-0.3, -0.25) is 4.99 Å². The summed E-state index contributed by atoms with van der Waals surface area (Å²) in [6.07, 6.45) is 0.169. The molecular weight excluding hydrogens is 304 g/mol. The Bertz CT molecular complexity index is 504. The van der Waals surface area contributed by atoms with Crippen molar-refractivity contribution in [2.45, 2.75) is 20.0 Å². The van der Waals surface area contributed by atoms with Crippen molar-refractivity contribution >= 4 is 5.96 Å².